The molecule has 84 valence electrons. The van der Waals surface area contributed by atoms with Crippen LogP contribution in [0.5, 0.6) is 0 Å². The molecule has 14 heavy (non-hydrogen) atoms. The number of carbonyl (C=O) groups excluding carboxylic acids is 1. The molecule has 0 aromatic heterocycles. The average molecular weight is 200 g/mol. The molecule has 0 aliphatic rings. The van der Waals surface area contributed by atoms with Gasteiger partial charge in [0.2, 0.25) is 5.91 Å². The first-order valence-corrected chi connectivity index (χ1v) is 5.77. The summed E-state index contributed by atoms with van der Waals surface area (Å²) in [5.41, 5.74) is 0. The summed E-state index contributed by atoms with van der Waals surface area (Å²) in [7, 11) is 0. The zero-order valence-electron chi connectivity index (χ0n) is 9.73. The summed E-state index contributed by atoms with van der Waals surface area (Å²) in [5.74, 6) is 0.144. The molecule has 0 saturated carbocycles. The van der Waals surface area contributed by atoms with Gasteiger partial charge < -0.3 is 10.6 Å². The van der Waals surface area contributed by atoms with Crippen molar-refractivity contribution in [2.75, 3.05) is 13.1 Å². The number of rotatable bonds is 8. The summed E-state index contributed by atoms with van der Waals surface area (Å²) in [6.45, 7) is 7.73. The molecule has 3 heteroatoms. The molecule has 0 aliphatic heterocycles. The van der Waals surface area contributed by atoms with E-state index in [2.05, 4.69) is 17.6 Å². The third-order valence-corrected chi connectivity index (χ3v) is 2.21. The Morgan fingerprint density at radius 2 is 1.86 bits per heavy atom. The summed E-state index contributed by atoms with van der Waals surface area (Å²) in [4.78, 5) is 11.6. The SMILES string of the molecule is CCCCCC(NCC)C(=O)NCC. The van der Waals surface area contributed by atoms with Gasteiger partial charge in [0.15, 0.2) is 0 Å². The lowest BCUT2D eigenvalue weighted by atomic mass is 10.1. The lowest BCUT2D eigenvalue weighted by molar-refractivity contribution is -0.123. The van der Waals surface area contributed by atoms with Gasteiger partial charge in [-0.25, -0.2) is 0 Å². The van der Waals surface area contributed by atoms with Crippen molar-refractivity contribution in [1.29, 1.82) is 0 Å². The number of likely N-dealkylation sites (N-methyl/N-ethyl adjacent to an activating group) is 2. The van der Waals surface area contributed by atoms with E-state index >= 15 is 0 Å². The van der Waals surface area contributed by atoms with E-state index in [1.807, 2.05) is 13.8 Å². The first-order chi connectivity index (χ1) is 6.76. The highest BCUT2D eigenvalue weighted by Crippen LogP contribution is 2.03. The molecule has 2 N–H and O–H groups in total. The molecule has 3 nitrogen and oxygen atoms in total. The Kier molecular flexibility index (Phi) is 8.64. The number of nitrogens with one attached hydrogen (secondary N) is 2. The molecule has 0 radical (unpaired) electrons. The summed E-state index contributed by atoms with van der Waals surface area (Å²) in [6, 6.07) is 0.00602. The minimum absolute atomic E-state index is 0.00602. The number of carbonyl (C=O) groups is 1. The van der Waals surface area contributed by atoms with Crippen LogP contribution in [-0.4, -0.2) is 25.0 Å². The molecule has 1 unspecified atom stereocenters. The summed E-state index contributed by atoms with van der Waals surface area (Å²) in [6.07, 6.45) is 4.49. The molecule has 0 heterocycles. The van der Waals surface area contributed by atoms with Crippen LogP contribution in [0.1, 0.15) is 46.5 Å². The third-order valence-electron chi connectivity index (χ3n) is 2.21. The largest absolute Gasteiger partial charge is 0.355 e. The highest BCUT2D eigenvalue weighted by Gasteiger charge is 2.14. The quantitative estimate of drug-likeness (QED) is 0.585. The van der Waals surface area contributed by atoms with Crippen LogP contribution >= 0.6 is 0 Å². The molecular formula is C11H24N2O. The van der Waals surface area contributed by atoms with Crippen LogP contribution in [-0.2, 0) is 4.79 Å². The van der Waals surface area contributed by atoms with Gasteiger partial charge in [-0.05, 0) is 19.9 Å². The molecule has 1 atom stereocenters. The number of unbranched alkanes of at least 4 members (excludes halogenated alkanes) is 2. The maximum atomic E-state index is 11.6. The summed E-state index contributed by atoms with van der Waals surface area (Å²) in [5, 5.41) is 6.07. The smallest absolute Gasteiger partial charge is 0.237 e. The number of hydrogen-bond donors (Lipinski definition) is 2. The molecule has 0 bridgehead atoms. The Morgan fingerprint density at radius 3 is 2.36 bits per heavy atom. The van der Waals surface area contributed by atoms with Crippen molar-refractivity contribution < 1.29 is 4.79 Å². The molecule has 0 spiro atoms. The van der Waals surface area contributed by atoms with Gasteiger partial charge in [-0.1, -0.05) is 33.1 Å². The van der Waals surface area contributed by atoms with Crippen LogP contribution in [0.2, 0.25) is 0 Å². The van der Waals surface area contributed by atoms with Crippen LogP contribution in [0.25, 0.3) is 0 Å². The van der Waals surface area contributed by atoms with E-state index < -0.39 is 0 Å². The van der Waals surface area contributed by atoms with Crippen molar-refractivity contribution in [2.45, 2.75) is 52.5 Å². The van der Waals surface area contributed by atoms with Gasteiger partial charge >= 0.3 is 0 Å². The summed E-state index contributed by atoms with van der Waals surface area (Å²) < 4.78 is 0. The second kappa shape index (κ2) is 9.00. The van der Waals surface area contributed by atoms with Gasteiger partial charge in [0.05, 0.1) is 6.04 Å². The van der Waals surface area contributed by atoms with Crippen LogP contribution in [0.4, 0.5) is 0 Å². The van der Waals surface area contributed by atoms with Crippen molar-refractivity contribution in [3.05, 3.63) is 0 Å². The Hall–Kier alpha value is -0.570. The van der Waals surface area contributed by atoms with E-state index in [0.29, 0.717) is 6.54 Å². The van der Waals surface area contributed by atoms with Gasteiger partial charge in [0.25, 0.3) is 0 Å². The standard InChI is InChI=1S/C11H24N2O/c1-4-7-8-9-10(12-5-2)11(14)13-6-3/h10,12H,4-9H2,1-3H3,(H,13,14). The second-order valence-electron chi connectivity index (χ2n) is 3.50. The van der Waals surface area contributed by atoms with Crippen molar-refractivity contribution in [3.8, 4) is 0 Å². The van der Waals surface area contributed by atoms with Crippen molar-refractivity contribution in [1.82, 2.24) is 10.6 Å². The maximum absolute atomic E-state index is 11.6. The lowest BCUT2D eigenvalue weighted by Crippen LogP contribution is -2.44. The van der Waals surface area contributed by atoms with Crippen molar-refractivity contribution >= 4 is 5.91 Å². The first-order valence-electron chi connectivity index (χ1n) is 5.77. The van der Waals surface area contributed by atoms with Crippen LogP contribution < -0.4 is 10.6 Å². The molecule has 1 amide bonds. The molecule has 0 aliphatic carbocycles. The van der Waals surface area contributed by atoms with E-state index in [1.165, 1.54) is 12.8 Å². The topological polar surface area (TPSA) is 41.1 Å². The Balaban J connectivity index is 3.81. The van der Waals surface area contributed by atoms with E-state index in [-0.39, 0.29) is 11.9 Å². The first kappa shape index (κ1) is 13.4. The van der Waals surface area contributed by atoms with E-state index in [0.717, 1.165) is 19.4 Å². The Bertz CT molecular complexity index is 148. The Morgan fingerprint density at radius 1 is 1.14 bits per heavy atom. The zero-order valence-corrected chi connectivity index (χ0v) is 9.73. The number of amides is 1. The molecule has 0 aromatic carbocycles. The fourth-order valence-electron chi connectivity index (χ4n) is 1.47. The van der Waals surface area contributed by atoms with Gasteiger partial charge in [-0.2, -0.15) is 0 Å². The number of hydrogen-bond acceptors (Lipinski definition) is 2. The molecule has 0 saturated heterocycles. The van der Waals surface area contributed by atoms with Crippen molar-refractivity contribution in [2.24, 2.45) is 0 Å². The predicted molar refractivity (Wildman–Crippen MR) is 60.3 cm³/mol. The highest BCUT2D eigenvalue weighted by atomic mass is 16.2. The van der Waals surface area contributed by atoms with Crippen LogP contribution in [0.15, 0.2) is 0 Å². The maximum Gasteiger partial charge on any atom is 0.237 e. The van der Waals surface area contributed by atoms with Gasteiger partial charge in [0.1, 0.15) is 0 Å². The third kappa shape index (κ3) is 5.97. The monoisotopic (exact) mass is 200 g/mol. The predicted octanol–water partition coefficient (Wildman–Crippen LogP) is 1.68. The molecule has 0 rings (SSSR count). The lowest BCUT2D eigenvalue weighted by Gasteiger charge is -2.16. The molecular weight excluding hydrogens is 176 g/mol. The average Bonchev–Trinajstić information content (AvgIpc) is 2.17. The molecule has 0 fully saturated rings. The normalized spacial score (nSPS) is 12.5. The summed E-state index contributed by atoms with van der Waals surface area (Å²) >= 11 is 0. The fraction of sp³-hybridized carbons (Fsp3) is 0.909. The van der Waals surface area contributed by atoms with Gasteiger partial charge in [-0.15, -0.1) is 0 Å². The Labute approximate surface area is 87.6 Å². The van der Waals surface area contributed by atoms with E-state index in [1.54, 1.807) is 0 Å². The highest BCUT2D eigenvalue weighted by molar-refractivity contribution is 5.81. The zero-order chi connectivity index (χ0) is 10.8. The van der Waals surface area contributed by atoms with E-state index in [4.69, 9.17) is 0 Å². The fourth-order valence-corrected chi connectivity index (χ4v) is 1.47. The van der Waals surface area contributed by atoms with E-state index in [9.17, 15) is 4.79 Å². The minimum atomic E-state index is 0.00602. The van der Waals surface area contributed by atoms with Crippen molar-refractivity contribution in [3.63, 3.8) is 0 Å². The molecule has 0 aromatic rings. The minimum Gasteiger partial charge on any atom is -0.355 e. The van der Waals surface area contributed by atoms with Gasteiger partial charge in [0, 0.05) is 6.54 Å². The van der Waals surface area contributed by atoms with Gasteiger partial charge in [-0.3, -0.25) is 4.79 Å². The second-order valence-corrected chi connectivity index (χ2v) is 3.50. The van der Waals surface area contributed by atoms with Crippen LogP contribution in [0, 0.1) is 0 Å². The van der Waals surface area contributed by atoms with Crippen LogP contribution in [0.3, 0.4) is 0 Å².